The van der Waals surface area contributed by atoms with Crippen molar-refractivity contribution < 1.29 is 0 Å². The minimum absolute atomic E-state index is 0.331. The van der Waals surface area contributed by atoms with E-state index in [1.165, 1.54) is 0 Å². The van der Waals surface area contributed by atoms with Crippen molar-refractivity contribution in [2.45, 2.75) is 0 Å². The number of thiocarbonyl (C=S) groups is 1. The van der Waals surface area contributed by atoms with Crippen molar-refractivity contribution in [1.29, 1.82) is 0 Å². The lowest BCUT2D eigenvalue weighted by atomic mass is 10.1. The highest BCUT2D eigenvalue weighted by Crippen LogP contribution is 2.03. The first-order valence-electron chi connectivity index (χ1n) is 3.68. The molecule has 0 aliphatic heterocycles. The number of benzene rings is 1. The average molecular weight is 210 g/mol. The molecule has 3 heteroatoms. The molecule has 13 heavy (non-hydrogen) atoms. The summed E-state index contributed by atoms with van der Waals surface area (Å²) < 4.78 is 0. The molecule has 0 heterocycles. The lowest BCUT2D eigenvalue weighted by Gasteiger charge is -1.97. The van der Waals surface area contributed by atoms with Gasteiger partial charge in [-0.1, -0.05) is 36.2 Å². The molecule has 1 aromatic rings. The molecule has 0 atom stereocenters. The van der Waals surface area contributed by atoms with Gasteiger partial charge in [0.25, 0.3) is 0 Å². The topological polar surface area (TPSA) is 26.0 Å². The van der Waals surface area contributed by atoms with E-state index in [2.05, 4.69) is 11.8 Å². The molecule has 0 aromatic heterocycles. The number of hydrogen-bond donors (Lipinski definition) is 1. The molecule has 0 aliphatic carbocycles. The van der Waals surface area contributed by atoms with Crippen molar-refractivity contribution in [2.24, 2.45) is 5.73 Å². The molecule has 0 bridgehead atoms. The maximum Gasteiger partial charge on any atom is 0.104 e. The molecule has 1 aromatic carbocycles. The van der Waals surface area contributed by atoms with Gasteiger partial charge >= 0.3 is 0 Å². The largest absolute Gasteiger partial charge is 0.389 e. The van der Waals surface area contributed by atoms with Crippen LogP contribution in [-0.2, 0) is 0 Å². The molecule has 2 N–H and O–H groups in total. The highest BCUT2D eigenvalue weighted by molar-refractivity contribution is 7.80. The van der Waals surface area contributed by atoms with Crippen LogP contribution in [0.4, 0.5) is 0 Å². The van der Waals surface area contributed by atoms with E-state index in [0.717, 1.165) is 11.1 Å². The first-order chi connectivity index (χ1) is 6.24. The maximum absolute atomic E-state index is 5.47. The predicted molar refractivity (Wildman–Crippen MR) is 59.9 cm³/mol. The predicted octanol–water partition coefficient (Wildman–Crippen LogP) is 1.91. The smallest absolute Gasteiger partial charge is 0.104 e. The first kappa shape index (κ1) is 10.0. The van der Waals surface area contributed by atoms with Crippen molar-refractivity contribution in [3.05, 3.63) is 35.4 Å². The fourth-order valence-corrected chi connectivity index (χ4v) is 1.08. The molecule has 1 nitrogen and oxygen atoms in total. The normalized spacial score (nSPS) is 8.69. The van der Waals surface area contributed by atoms with Crippen LogP contribution in [0.25, 0.3) is 0 Å². The van der Waals surface area contributed by atoms with Gasteiger partial charge in [0.15, 0.2) is 0 Å². The van der Waals surface area contributed by atoms with E-state index >= 15 is 0 Å². The van der Waals surface area contributed by atoms with Gasteiger partial charge in [0.05, 0.1) is 5.88 Å². The number of halogens is 1. The zero-order chi connectivity index (χ0) is 9.68. The summed E-state index contributed by atoms with van der Waals surface area (Å²) in [5.41, 5.74) is 7.18. The van der Waals surface area contributed by atoms with Gasteiger partial charge in [0.2, 0.25) is 0 Å². The van der Waals surface area contributed by atoms with Crippen molar-refractivity contribution in [1.82, 2.24) is 0 Å². The first-order valence-corrected chi connectivity index (χ1v) is 4.63. The molecule has 0 aliphatic rings. The minimum atomic E-state index is 0.331. The summed E-state index contributed by atoms with van der Waals surface area (Å²) in [7, 11) is 0. The molecule has 0 spiro atoms. The van der Waals surface area contributed by atoms with Gasteiger partial charge in [0.1, 0.15) is 4.99 Å². The van der Waals surface area contributed by atoms with Crippen LogP contribution in [0.3, 0.4) is 0 Å². The molecule has 0 amide bonds. The molecule has 1 rings (SSSR count). The molecular weight excluding hydrogens is 202 g/mol. The van der Waals surface area contributed by atoms with Crippen molar-refractivity contribution >= 4 is 28.8 Å². The van der Waals surface area contributed by atoms with Crippen LogP contribution in [0.5, 0.6) is 0 Å². The molecular formula is C10H8ClNS. The van der Waals surface area contributed by atoms with E-state index in [4.69, 9.17) is 29.6 Å². The maximum atomic E-state index is 5.47. The molecule has 66 valence electrons. The van der Waals surface area contributed by atoms with E-state index in [-0.39, 0.29) is 0 Å². The van der Waals surface area contributed by atoms with E-state index < -0.39 is 0 Å². The highest BCUT2D eigenvalue weighted by Gasteiger charge is 1.95. The quantitative estimate of drug-likeness (QED) is 0.435. The van der Waals surface area contributed by atoms with E-state index in [9.17, 15) is 0 Å². The third-order valence-electron chi connectivity index (χ3n) is 1.45. The number of rotatable bonds is 1. The summed E-state index contributed by atoms with van der Waals surface area (Å²) in [6.07, 6.45) is 0. The third-order valence-corrected chi connectivity index (χ3v) is 1.82. The van der Waals surface area contributed by atoms with Crippen LogP contribution in [-0.4, -0.2) is 10.9 Å². The summed E-state index contributed by atoms with van der Waals surface area (Å²) in [5, 5.41) is 0. The zero-order valence-corrected chi connectivity index (χ0v) is 8.45. The average Bonchev–Trinajstić information content (AvgIpc) is 2.15. The van der Waals surface area contributed by atoms with E-state index in [1.807, 2.05) is 24.3 Å². The lowest BCUT2D eigenvalue weighted by Crippen LogP contribution is -2.08. The van der Waals surface area contributed by atoms with Crippen LogP contribution >= 0.6 is 23.8 Å². The van der Waals surface area contributed by atoms with Crippen LogP contribution in [0.15, 0.2) is 24.3 Å². The molecule has 0 radical (unpaired) electrons. The summed E-state index contributed by atoms with van der Waals surface area (Å²) >= 11 is 10.3. The van der Waals surface area contributed by atoms with Crippen molar-refractivity contribution in [2.75, 3.05) is 5.88 Å². The Hall–Kier alpha value is -1.04. The number of hydrogen-bond acceptors (Lipinski definition) is 1. The monoisotopic (exact) mass is 209 g/mol. The number of alkyl halides is 1. The molecule has 0 unspecified atom stereocenters. The van der Waals surface area contributed by atoms with Gasteiger partial charge in [0, 0.05) is 11.1 Å². The van der Waals surface area contributed by atoms with Gasteiger partial charge in [-0.25, -0.2) is 0 Å². The SMILES string of the molecule is NC(=S)c1cccc(C#CCCl)c1. The Morgan fingerprint density at radius 2 is 2.31 bits per heavy atom. The van der Waals surface area contributed by atoms with E-state index in [1.54, 1.807) is 0 Å². The minimum Gasteiger partial charge on any atom is -0.389 e. The van der Waals surface area contributed by atoms with Crippen molar-refractivity contribution in [3.63, 3.8) is 0 Å². The van der Waals surface area contributed by atoms with Crippen LogP contribution in [0.1, 0.15) is 11.1 Å². The Morgan fingerprint density at radius 1 is 1.54 bits per heavy atom. The molecule has 0 saturated heterocycles. The Labute approximate surface area is 87.9 Å². The fraction of sp³-hybridized carbons (Fsp3) is 0.100. The Balaban J connectivity index is 2.98. The van der Waals surface area contributed by atoms with Gasteiger partial charge in [-0.2, -0.15) is 0 Å². The van der Waals surface area contributed by atoms with Gasteiger partial charge < -0.3 is 5.73 Å². The van der Waals surface area contributed by atoms with Gasteiger partial charge in [-0.15, -0.1) is 11.6 Å². The molecule has 0 saturated carbocycles. The Kier molecular flexibility index (Phi) is 3.75. The second-order valence-corrected chi connectivity index (χ2v) is 3.09. The second kappa shape index (κ2) is 4.86. The third kappa shape index (κ3) is 3.06. The Bertz CT molecular complexity index is 376. The summed E-state index contributed by atoms with van der Waals surface area (Å²) in [6.45, 7) is 0. The van der Waals surface area contributed by atoms with Gasteiger partial charge in [-0.05, 0) is 12.1 Å². The lowest BCUT2D eigenvalue weighted by molar-refractivity contribution is 1.58. The summed E-state index contributed by atoms with van der Waals surface area (Å²) in [5.74, 6) is 5.99. The standard InChI is InChI=1S/C10H8ClNS/c11-6-2-4-8-3-1-5-9(7-8)10(12)13/h1,3,5,7H,6H2,(H2,12,13). The van der Waals surface area contributed by atoms with Crippen LogP contribution in [0, 0.1) is 11.8 Å². The van der Waals surface area contributed by atoms with Crippen LogP contribution in [0.2, 0.25) is 0 Å². The second-order valence-electron chi connectivity index (χ2n) is 2.38. The zero-order valence-electron chi connectivity index (χ0n) is 6.88. The number of nitrogens with two attached hydrogens (primary N) is 1. The van der Waals surface area contributed by atoms with E-state index in [0.29, 0.717) is 10.9 Å². The molecule has 0 fully saturated rings. The van der Waals surface area contributed by atoms with Crippen molar-refractivity contribution in [3.8, 4) is 11.8 Å². The summed E-state index contributed by atoms with van der Waals surface area (Å²) in [6, 6.07) is 7.46. The fourth-order valence-electron chi connectivity index (χ4n) is 0.886. The Morgan fingerprint density at radius 3 is 2.92 bits per heavy atom. The highest BCUT2D eigenvalue weighted by atomic mass is 35.5. The van der Waals surface area contributed by atoms with Gasteiger partial charge in [-0.3, -0.25) is 0 Å². The van der Waals surface area contributed by atoms with Crippen LogP contribution < -0.4 is 5.73 Å². The summed E-state index contributed by atoms with van der Waals surface area (Å²) in [4.78, 5) is 0.384.